The number of carbonyl (C=O) groups excluding carboxylic acids is 2. The zero-order valence-electron chi connectivity index (χ0n) is 15.5. The Balaban J connectivity index is 1.61. The first-order valence-corrected chi connectivity index (χ1v) is 10.8. The standard InChI is InChI=1S/C21H27NO3S2/c23-19(24)14-10-5-3-1-2-4-6-11-15-22-20(25)18(27-21(22)26)16-17-12-8-7-9-13-17/h7-9,12-13,16H,1-6,10-11,14-15H2,(H,23,24)/p-1/b18-16-. The van der Waals surface area contributed by atoms with Crippen LogP contribution in [0, 0.1) is 0 Å². The maximum Gasteiger partial charge on any atom is 0.266 e. The summed E-state index contributed by atoms with van der Waals surface area (Å²) < 4.78 is 0.648. The smallest absolute Gasteiger partial charge is 0.266 e. The Morgan fingerprint density at radius 3 is 2.22 bits per heavy atom. The van der Waals surface area contributed by atoms with E-state index in [-0.39, 0.29) is 12.3 Å². The van der Waals surface area contributed by atoms with Gasteiger partial charge in [0.25, 0.3) is 5.91 Å². The monoisotopic (exact) mass is 404 g/mol. The van der Waals surface area contributed by atoms with Crippen LogP contribution in [0.25, 0.3) is 6.08 Å². The molecule has 0 aromatic heterocycles. The number of unbranched alkanes of at least 4 members (excludes halogenated alkanes) is 7. The summed E-state index contributed by atoms with van der Waals surface area (Å²) in [6.45, 7) is 0.683. The molecule has 0 radical (unpaired) electrons. The lowest BCUT2D eigenvalue weighted by Crippen LogP contribution is -2.29. The van der Waals surface area contributed by atoms with Crippen LogP contribution in [0.3, 0.4) is 0 Å². The van der Waals surface area contributed by atoms with Crippen LogP contribution in [0.15, 0.2) is 35.2 Å². The van der Waals surface area contributed by atoms with Crippen molar-refractivity contribution in [3.05, 3.63) is 40.8 Å². The van der Waals surface area contributed by atoms with Gasteiger partial charge in [-0.1, -0.05) is 92.8 Å². The Hall–Kier alpha value is -1.66. The molecule has 0 aliphatic carbocycles. The number of benzene rings is 1. The number of carbonyl (C=O) groups is 2. The van der Waals surface area contributed by atoms with E-state index < -0.39 is 5.97 Å². The first kappa shape index (κ1) is 21.6. The van der Waals surface area contributed by atoms with Crippen LogP contribution in [-0.4, -0.2) is 27.6 Å². The van der Waals surface area contributed by atoms with Gasteiger partial charge >= 0.3 is 0 Å². The van der Waals surface area contributed by atoms with E-state index in [4.69, 9.17) is 12.2 Å². The SMILES string of the molecule is O=C([O-])CCCCCCCCCCN1C(=O)/C(=C/c2ccccc2)SC1=S. The van der Waals surface area contributed by atoms with Gasteiger partial charge < -0.3 is 9.90 Å². The number of amides is 1. The van der Waals surface area contributed by atoms with Gasteiger partial charge in [-0.2, -0.15) is 0 Å². The molecule has 4 nitrogen and oxygen atoms in total. The minimum atomic E-state index is -0.954. The van der Waals surface area contributed by atoms with Gasteiger partial charge in [0.2, 0.25) is 0 Å². The van der Waals surface area contributed by atoms with Crippen molar-refractivity contribution in [1.29, 1.82) is 0 Å². The van der Waals surface area contributed by atoms with E-state index in [9.17, 15) is 14.7 Å². The number of thioether (sulfide) groups is 1. The number of rotatable bonds is 12. The van der Waals surface area contributed by atoms with Crippen molar-refractivity contribution in [3.63, 3.8) is 0 Å². The van der Waals surface area contributed by atoms with Gasteiger partial charge in [-0.25, -0.2) is 0 Å². The lowest BCUT2D eigenvalue weighted by atomic mass is 10.1. The van der Waals surface area contributed by atoms with Gasteiger partial charge in [-0.3, -0.25) is 9.69 Å². The average molecular weight is 405 g/mol. The van der Waals surface area contributed by atoms with E-state index in [0.29, 0.717) is 22.2 Å². The van der Waals surface area contributed by atoms with Gasteiger partial charge in [-0.15, -0.1) is 0 Å². The van der Waals surface area contributed by atoms with Crippen molar-refractivity contribution in [3.8, 4) is 0 Å². The van der Waals surface area contributed by atoms with Crippen LogP contribution in [0.4, 0.5) is 0 Å². The van der Waals surface area contributed by atoms with E-state index >= 15 is 0 Å². The van der Waals surface area contributed by atoms with Gasteiger partial charge in [0, 0.05) is 12.5 Å². The van der Waals surface area contributed by atoms with Crippen LogP contribution in [0.2, 0.25) is 0 Å². The predicted molar refractivity (Wildman–Crippen MR) is 113 cm³/mol. The van der Waals surface area contributed by atoms with Gasteiger partial charge in [0.05, 0.1) is 4.91 Å². The van der Waals surface area contributed by atoms with Crippen LogP contribution in [0.5, 0.6) is 0 Å². The third-order valence-corrected chi connectivity index (χ3v) is 5.86. The molecule has 27 heavy (non-hydrogen) atoms. The molecule has 1 aromatic carbocycles. The van der Waals surface area contributed by atoms with Gasteiger partial charge in [0.15, 0.2) is 0 Å². The molecule has 1 fully saturated rings. The molecule has 6 heteroatoms. The molecule has 1 heterocycles. The van der Waals surface area contributed by atoms with Crippen molar-refractivity contribution in [1.82, 2.24) is 4.90 Å². The molecule has 0 atom stereocenters. The van der Waals surface area contributed by atoms with Gasteiger partial charge in [-0.05, 0) is 30.9 Å². The van der Waals surface area contributed by atoms with Crippen molar-refractivity contribution in [2.75, 3.05) is 6.54 Å². The molecule has 1 aliphatic rings. The van der Waals surface area contributed by atoms with Crippen molar-refractivity contribution in [2.45, 2.75) is 57.8 Å². The molecule has 1 saturated heterocycles. The highest BCUT2D eigenvalue weighted by atomic mass is 32.2. The molecule has 146 valence electrons. The zero-order chi connectivity index (χ0) is 19.5. The predicted octanol–water partition coefficient (Wildman–Crippen LogP) is 4.15. The Bertz CT molecular complexity index is 673. The molecule has 1 aliphatic heterocycles. The highest BCUT2D eigenvalue weighted by Crippen LogP contribution is 2.32. The average Bonchev–Trinajstić information content (AvgIpc) is 2.91. The van der Waals surface area contributed by atoms with Crippen LogP contribution in [0.1, 0.15) is 63.4 Å². The Labute approximate surface area is 171 Å². The summed E-state index contributed by atoms with van der Waals surface area (Å²) in [4.78, 5) is 25.3. The number of aliphatic carboxylic acids is 1. The number of nitrogens with zero attached hydrogens (tertiary/aromatic N) is 1. The van der Waals surface area contributed by atoms with E-state index in [2.05, 4.69) is 0 Å². The van der Waals surface area contributed by atoms with Gasteiger partial charge in [0.1, 0.15) is 4.32 Å². The lowest BCUT2D eigenvalue weighted by Gasteiger charge is -2.14. The largest absolute Gasteiger partial charge is 0.550 e. The number of carboxylic acid groups (broad SMARTS) is 1. The maximum atomic E-state index is 12.5. The fourth-order valence-electron chi connectivity index (χ4n) is 2.99. The first-order chi connectivity index (χ1) is 13.1. The van der Waals surface area contributed by atoms with Crippen LogP contribution < -0.4 is 5.11 Å². The zero-order valence-corrected chi connectivity index (χ0v) is 17.2. The second kappa shape index (κ2) is 11.9. The van der Waals surface area contributed by atoms with Crippen molar-refractivity contribution < 1.29 is 14.7 Å². The maximum absolute atomic E-state index is 12.5. The summed E-state index contributed by atoms with van der Waals surface area (Å²) in [6.07, 6.45) is 10.3. The third kappa shape index (κ3) is 7.85. The Kier molecular flexibility index (Phi) is 9.56. The van der Waals surface area contributed by atoms with Crippen LogP contribution in [-0.2, 0) is 9.59 Å². The minimum Gasteiger partial charge on any atom is -0.550 e. The second-order valence-corrected chi connectivity index (χ2v) is 8.37. The molecular formula is C21H26NO3S2-. The fraction of sp³-hybridized carbons (Fsp3) is 0.476. The molecule has 0 spiro atoms. The minimum absolute atomic E-state index is 0.0155. The summed E-state index contributed by atoms with van der Waals surface area (Å²) in [5.74, 6) is -0.939. The van der Waals surface area contributed by atoms with Crippen LogP contribution >= 0.6 is 24.0 Å². The highest BCUT2D eigenvalue weighted by Gasteiger charge is 2.31. The van der Waals surface area contributed by atoms with Crippen molar-refractivity contribution >= 4 is 46.3 Å². The van der Waals surface area contributed by atoms with Crippen molar-refractivity contribution in [2.24, 2.45) is 0 Å². The van der Waals surface area contributed by atoms with E-state index in [1.165, 1.54) is 11.8 Å². The summed E-state index contributed by atoms with van der Waals surface area (Å²) in [5.41, 5.74) is 1.01. The molecular weight excluding hydrogens is 378 g/mol. The van der Waals surface area contributed by atoms with E-state index in [0.717, 1.165) is 50.5 Å². The highest BCUT2D eigenvalue weighted by molar-refractivity contribution is 8.26. The number of thiocarbonyl (C=S) groups is 1. The molecule has 0 N–H and O–H groups in total. The molecule has 2 rings (SSSR count). The molecule has 0 unspecified atom stereocenters. The molecule has 0 bridgehead atoms. The second-order valence-electron chi connectivity index (χ2n) is 6.69. The molecule has 0 saturated carbocycles. The van der Waals surface area contributed by atoms with E-state index in [1.807, 2.05) is 36.4 Å². The van der Waals surface area contributed by atoms with E-state index in [1.54, 1.807) is 4.90 Å². The Morgan fingerprint density at radius 1 is 1.00 bits per heavy atom. The molecule has 1 aromatic rings. The topological polar surface area (TPSA) is 60.4 Å². The summed E-state index contributed by atoms with van der Waals surface area (Å²) in [7, 11) is 0. The number of carboxylic acids is 1. The lowest BCUT2D eigenvalue weighted by molar-refractivity contribution is -0.305. The number of hydrogen-bond donors (Lipinski definition) is 0. The Morgan fingerprint density at radius 2 is 1.59 bits per heavy atom. The normalized spacial score (nSPS) is 15.7. The first-order valence-electron chi connectivity index (χ1n) is 9.58. The molecule has 1 amide bonds. The summed E-state index contributed by atoms with van der Waals surface area (Å²) in [5, 5.41) is 10.3. The summed E-state index contributed by atoms with van der Waals surface area (Å²) in [6, 6.07) is 9.82. The number of hydrogen-bond acceptors (Lipinski definition) is 5. The summed E-state index contributed by atoms with van der Waals surface area (Å²) >= 11 is 6.75. The third-order valence-electron chi connectivity index (χ3n) is 4.48. The quantitative estimate of drug-likeness (QED) is 0.298. The fourth-order valence-corrected chi connectivity index (χ4v) is 4.30.